The summed E-state index contributed by atoms with van der Waals surface area (Å²) in [6, 6.07) is 9.13. The van der Waals surface area contributed by atoms with Crippen LogP contribution < -0.4 is 4.72 Å². The Morgan fingerprint density at radius 2 is 1.74 bits per heavy atom. The maximum atomic E-state index is 13.1. The number of hydrogen-bond acceptors (Lipinski definition) is 4. The molecule has 0 saturated carbocycles. The van der Waals surface area contributed by atoms with E-state index in [0.29, 0.717) is 5.56 Å². The molecule has 2 aromatic rings. The lowest BCUT2D eigenvalue weighted by Crippen LogP contribution is -2.15. The summed E-state index contributed by atoms with van der Waals surface area (Å²) in [6.07, 6.45) is 1.05. The van der Waals surface area contributed by atoms with Gasteiger partial charge in [-0.3, -0.25) is 4.72 Å². The molecule has 23 heavy (non-hydrogen) atoms. The highest BCUT2D eigenvalue weighted by molar-refractivity contribution is 7.92. The first-order chi connectivity index (χ1) is 10.6. The Kier molecular flexibility index (Phi) is 4.98. The van der Waals surface area contributed by atoms with Gasteiger partial charge in [-0.1, -0.05) is 29.8 Å². The monoisotopic (exact) mass is 377 g/mol. The van der Waals surface area contributed by atoms with Crippen molar-refractivity contribution in [3.8, 4) is 0 Å². The van der Waals surface area contributed by atoms with E-state index in [4.69, 9.17) is 11.6 Å². The third kappa shape index (κ3) is 4.66. The van der Waals surface area contributed by atoms with Crippen molar-refractivity contribution in [2.45, 2.75) is 10.6 Å². The van der Waals surface area contributed by atoms with Gasteiger partial charge in [-0.25, -0.2) is 21.2 Å². The third-order valence-electron chi connectivity index (χ3n) is 2.88. The van der Waals surface area contributed by atoms with Gasteiger partial charge in [-0.15, -0.1) is 0 Å². The van der Waals surface area contributed by atoms with Crippen molar-refractivity contribution < 1.29 is 21.2 Å². The SMILES string of the molecule is CS(=O)(=O)Cc1ccccc1NS(=O)(=O)c1ccc(F)c(Cl)c1. The number of anilines is 1. The number of benzene rings is 2. The number of rotatable bonds is 5. The summed E-state index contributed by atoms with van der Waals surface area (Å²) in [5, 5.41) is -0.322. The van der Waals surface area contributed by atoms with E-state index in [2.05, 4.69) is 4.72 Å². The van der Waals surface area contributed by atoms with Crippen LogP contribution in [-0.2, 0) is 25.6 Å². The predicted molar refractivity (Wildman–Crippen MR) is 87.2 cm³/mol. The zero-order chi connectivity index (χ0) is 17.3. The highest BCUT2D eigenvalue weighted by Crippen LogP contribution is 2.24. The Morgan fingerprint density at radius 3 is 2.35 bits per heavy atom. The van der Waals surface area contributed by atoms with Gasteiger partial charge in [-0.2, -0.15) is 0 Å². The van der Waals surface area contributed by atoms with E-state index in [-0.39, 0.29) is 21.4 Å². The molecule has 0 unspecified atom stereocenters. The average Bonchev–Trinajstić information content (AvgIpc) is 2.42. The van der Waals surface area contributed by atoms with Crippen LogP contribution in [0.2, 0.25) is 5.02 Å². The van der Waals surface area contributed by atoms with Gasteiger partial charge >= 0.3 is 0 Å². The summed E-state index contributed by atoms with van der Waals surface area (Å²) in [5.74, 6) is -1.04. The maximum absolute atomic E-state index is 13.1. The molecule has 0 bridgehead atoms. The molecule has 0 heterocycles. The van der Waals surface area contributed by atoms with E-state index >= 15 is 0 Å². The Labute approximate surface area is 139 Å². The van der Waals surface area contributed by atoms with E-state index in [0.717, 1.165) is 24.5 Å². The van der Waals surface area contributed by atoms with Gasteiger partial charge in [0.1, 0.15) is 5.82 Å². The van der Waals surface area contributed by atoms with Gasteiger partial charge in [0.15, 0.2) is 9.84 Å². The number of sulfonamides is 1. The highest BCUT2D eigenvalue weighted by Gasteiger charge is 2.18. The van der Waals surface area contributed by atoms with Gasteiger partial charge in [0, 0.05) is 6.26 Å². The van der Waals surface area contributed by atoms with Crippen LogP contribution in [0.25, 0.3) is 0 Å². The van der Waals surface area contributed by atoms with Gasteiger partial charge in [0.05, 0.1) is 21.4 Å². The van der Waals surface area contributed by atoms with Gasteiger partial charge in [0.25, 0.3) is 10.0 Å². The summed E-state index contributed by atoms with van der Waals surface area (Å²) in [5.41, 5.74) is 0.449. The molecule has 2 rings (SSSR count). The van der Waals surface area contributed by atoms with Gasteiger partial charge < -0.3 is 0 Å². The molecule has 2 aromatic carbocycles. The van der Waals surface area contributed by atoms with Gasteiger partial charge in [0.2, 0.25) is 0 Å². The topological polar surface area (TPSA) is 80.3 Å². The first kappa shape index (κ1) is 17.7. The lowest BCUT2D eigenvalue weighted by molar-refractivity contribution is 0.597. The molecule has 1 N–H and O–H groups in total. The van der Waals surface area contributed by atoms with E-state index in [1.54, 1.807) is 12.1 Å². The smallest absolute Gasteiger partial charge is 0.261 e. The number of nitrogens with one attached hydrogen (secondary N) is 1. The van der Waals surface area contributed by atoms with Gasteiger partial charge in [-0.05, 0) is 29.8 Å². The Balaban J connectivity index is 2.40. The van der Waals surface area contributed by atoms with Crippen molar-refractivity contribution in [3.05, 3.63) is 58.9 Å². The van der Waals surface area contributed by atoms with Crippen LogP contribution in [0.15, 0.2) is 47.4 Å². The summed E-state index contributed by atoms with van der Waals surface area (Å²) in [4.78, 5) is -0.224. The van der Waals surface area contributed by atoms with E-state index in [1.807, 2.05) is 0 Å². The molecular weight excluding hydrogens is 365 g/mol. The lowest BCUT2D eigenvalue weighted by Gasteiger charge is -2.12. The quantitative estimate of drug-likeness (QED) is 0.868. The highest BCUT2D eigenvalue weighted by atomic mass is 35.5. The molecule has 0 saturated heterocycles. The first-order valence-electron chi connectivity index (χ1n) is 6.32. The number of sulfone groups is 1. The second kappa shape index (κ2) is 6.46. The largest absolute Gasteiger partial charge is 0.279 e. The van der Waals surface area contributed by atoms with Crippen molar-refractivity contribution in [3.63, 3.8) is 0 Å². The van der Waals surface area contributed by atoms with Crippen LogP contribution in [0.1, 0.15) is 5.56 Å². The lowest BCUT2D eigenvalue weighted by atomic mass is 10.2. The minimum atomic E-state index is -4.03. The van der Waals surface area contributed by atoms with Crippen molar-refractivity contribution in [1.82, 2.24) is 0 Å². The van der Waals surface area contributed by atoms with Crippen LogP contribution in [0.4, 0.5) is 10.1 Å². The van der Waals surface area contributed by atoms with Crippen molar-refractivity contribution in [2.24, 2.45) is 0 Å². The fourth-order valence-corrected chi connectivity index (χ4v) is 4.06. The molecule has 0 aliphatic rings. The van der Waals surface area contributed by atoms with Crippen molar-refractivity contribution in [1.29, 1.82) is 0 Å². The number of para-hydroxylation sites is 1. The molecular formula is C14H13ClFNO4S2. The summed E-state index contributed by atoms with van der Waals surface area (Å²) in [7, 11) is -7.36. The molecule has 0 radical (unpaired) electrons. The van der Waals surface area contributed by atoms with Crippen molar-refractivity contribution in [2.75, 3.05) is 11.0 Å². The summed E-state index contributed by atoms with van der Waals surface area (Å²) >= 11 is 5.59. The zero-order valence-corrected chi connectivity index (χ0v) is 14.3. The van der Waals surface area contributed by atoms with Crippen LogP contribution in [0.5, 0.6) is 0 Å². The van der Waals surface area contributed by atoms with Crippen LogP contribution >= 0.6 is 11.6 Å². The van der Waals surface area contributed by atoms with Crippen LogP contribution in [0.3, 0.4) is 0 Å². The maximum Gasteiger partial charge on any atom is 0.261 e. The molecule has 124 valence electrons. The molecule has 0 aliphatic carbocycles. The summed E-state index contributed by atoms with van der Waals surface area (Å²) < 4.78 is 63.0. The molecule has 5 nitrogen and oxygen atoms in total. The first-order valence-corrected chi connectivity index (χ1v) is 10.2. The van der Waals surface area contributed by atoms with E-state index in [1.165, 1.54) is 12.1 Å². The molecule has 0 fully saturated rings. The minimum absolute atomic E-state index is 0.137. The van der Waals surface area contributed by atoms with Crippen LogP contribution in [0, 0.1) is 5.82 Å². The predicted octanol–water partition coefficient (Wildman–Crippen LogP) is 2.82. The third-order valence-corrected chi connectivity index (χ3v) is 5.37. The normalized spacial score (nSPS) is 12.1. The standard InChI is InChI=1S/C14H13ClFNO4S2/c1-22(18,19)9-10-4-2-3-5-14(10)17-23(20,21)11-6-7-13(16)12(15)8-11/h2-8,17H,9H2,1H3. The van der Waals surface area contributed by atoms with Crippen molar-refractivity contribution >= 4 is 37.1 Å². The molecule has 0 atom stereocenters. The fourth-order valence-electron chi connectivity index (χ4n) is 1.88. The average molecular weight is 378 g/mol. The number of hydrogen-bond donors (Lipinski definition) is 1. The minimum Gasteiger partial charge on any atom is -0.279 e. The Bertz CT molecular complexity index is 943. The molecule has 0 amide bonds. The zero-order valence-electron chi connectivity index (χ0n) is 12.0. The fraction of sp³-hybridized carbons (Fsp3) is 0.143. The molecule has 9 heteroatoms. The Morgan fingerprint density at radius 1 is 1.09 bits per heavy atom. The molecule has 0 aliphatic heterocycles. The molecule has 0 aromatic heterocycles. The second-order valence-corrected chi connectivity index (χ2v) is 9.14. The van der Waals surface area contributed by atoms with Crippen LogP contribution in [-0.4, -0.2) is 23.1 Å². The Hall–Kier alpha value is -1.64. The summed E-state index contributed by atoms with van der Waals surface area (Å²) in [6.45, 7) is 0. The van der Waals surface area contributed by atoms with E-state index in [9.17, 15) is 21.2 Å². The molecule has 0 spiro atoms. The number of halogens is 2. The second-order valence-electron chi connectivity index (χ2n) is 4.91. The van der Waals surface area contributed by atoms with E-state index < -0.39 is 25.7 Å².